The van der Waals surface area contributed by atoms with E-state index in [1.165, 1.54) is 0 Å². The van der Waals surface area contributed by atoms with E-state index in [4.69, 9.17) is 14.0 Å². The van der Waals surface area contributed by atoms with Crippen LogP contribution in [0.3, 0.4) is 0 Å². The van der Waals surface area contributed by atoms with Crippen LogP contribution in [0.25, 0.3) is 11.4 Å². The van der Waals surface area contributed by atoms with Crippen LogP contribution in [0.2, 0.25) is 0 Å². The van der Waals surface area contributed by atoms with Gasteiger partial charge in [0.1, 0.15) is 11.5 Å². The van der Waals surface area contributed by atoms with Crippen LogP contribution in [0.15, 0.2) is 47.0 Å². The quantitative estimate of drug-likeness (QED) is 0.584. The van der Waals surface area contributed by atoms with E-state index in [2.05, 4.69) is 22.0 Å². The number of hydrogen-bond donors (Lipinski definition) is 0. The molecular formula is C24H28N4O4. The summed E-state index contributed by atoms with van der Waals surface area (Å²) in [6.07, 6.45) is 0. The third-order valence-corrected chi connectivity index (χ3v) is 5.98. The molecule has 0 saturated carbocycles. The van der Waals surface area contributed by atoms with Crippen LogP contribution in [0.5, 0.6) is 11.5 Å². The molecule has 1 fully saturated rings. The average molecular weight is 437 g/mol. The minimum atomic E-state index is -0.0308. The van der Waals surface area contributed by atoms with Crippen molar-refractivity contribution in [2.45, 2.75) is 19.9 Å². The predicted octanol–water partition coefficient (Wildman–Crippen LogP) is 3.58. The van der Waals surface area contributed by atoms with Crippen LogP contribution >= 0.6 is 0 Å². The van der Waals surface area contributed by atoms with Crippen molar-refractivity contribution < 1.29 is 18.8 Å². The summed E-state index contributed by atoms with van der Waals surface area (Å²) in [6.45, 7) is 6.62. The maximum atomic E-state index is 13.1. The minimum absolute atomic E-state index is 0.0296. The standard InChI is InChI=1S/C24H28N4O4/c1-16-20(30-3)14-19(15-21(16)31-4)24(29)28-12-10-27(11-13-28)17(2)23-25-22(26-32-23)18-8-6-5-7-9-18/h5-9,14-15,17H,10-13H2,1-4H3. The second kappa shape index (κ2) is 9.40. The van der Waals surface area contributed by atoms with Crippen molar-refractivity contribution in [3.05, 3.63) is 59.5 Å². The Bertz CT molecular complexity index is 1050. The highest BCUT2D eigenvalue weighted by Gasteiger charge is 2.29. The minimum Gasteiger partial charge on any atom is -0.496 e. The van der Waals surface area contributed by atoms with Gasteiger partial charge in [-0.1, -0.05) is 35.5 Å². The number of methoxy groups -OCH3 is 2. The van der Waals surface area contributed by atoms with Crippen molar-refractivity contribution >= 4 is 5.91 Å². The van der Waals surface area contributed by atoms with Gasteiger partial charge in [0.15, 0.2) is 0 Å². The largest absolute Gasteiger partial charge is 0.496 e. The molecule has 4 rings (SSSR count). The summed E-state index contributed by atoms with van der Waals surface area (Å²) in [7, 11) is 3.19. The van der Waals surface area contributed by atoms with Gasteiger partial charge in [-0.15, -0.1) is 0 Å². The Morgan fingerprint density at radius 3 is 2.25 bits per heavy atom. The lowest BCUT2D eigenvalue weighted by Crippen LogP contribution is -2.49. The Hall–Kier alpha value is -3.39. The van der Waals surface area contributed by atoms with Gasteiger partial charge in [0.2, 0.25) is 11.7 Å². The second-order valence-corrected chi connectivity index (χ2v) is 7.83. The molecule has 2 aromatic carbocycles. The van der Waals surface area contributed by atoms with E-state index in [0.717, 1.165) is 24.2 Å². The summed E-state index contributed by atoms with van der Waals surface area (Å²) in [4.78, 5) is 21.8. The Morgan fingerprint density at radius 2 is 1.66 bits per heavy atom. The van der Waals surface area contributed by atoms with Gasteiger partial charge >= 0.3 is 0 Å². The lowest BCUT2D eigenvalue weighted by atomic mass is 10.1. The molecule has 0 radical (unpaired) electrons. The highest BCUT2D eigenvalue weighted by molar-refractivity contribution is 5.95. The van der Waals surface area contributed by atoms with Crippen molar-refractivity contribution in [2.24, 2.45) is 0 Å². The number of nitrogens with zero attached hydrogens (tertiary/aromatic N) is 4. The van der Waals surface area contributed by atoms with Gasteiger partial charge in [0.05, 0.1) is 20.3 Å². The molecule has 0 bridgehead atoms. The summed E-state index contributed by atoms with van der Waals surface area (Å²) >= 11 is 0. The van der Waals surface area contributed by atoms with Crippen LogP contribution in [-0.2, 0) is 0 Å². The van der Waals surface area contributed by atoms with E-state index < -0.39 is 0 Å². The van der Waals surface area contributed by atoms with Crippen molar-refractivity contribution in [1.82, 2.24) is 19.9 Å². The Morgan fingerprint density at radius 1 is 1.03 bits per heavy atom. The summed E-state index contributed by atoms with van der Waals surface area (Å²) in [5.41, 5.74) is 2.36. The summed E-state index contributed by atoms with van der Waals surface area (Å²) in [5, 5.41) is 4.12. The van der Waals surface area contributed by atoms with Crippen molar-refractivity contribution in [2.75, 3.05) is 40.4 Å². The first-order valence-electron chi connectivity index (χ1n) is 10.7. The van der Waals surface area contributed by atoms with E-state index in [9.17, 15) is 4.79 Å². The van der Waals surface area contributed by atoms with Gasteiger partial charge < -0.3 is 18.9 Å². The molecule has 1 aromatic heterocycles. The Balaban J connectivity index is 1.41. The molecule has 168 valence electrons. The first-order valence-corrected chi connectivity index (χ1v) is 10.7. The molecule has 1 atom stereocenters. The molecule has 8 heteroatoms. The topological polar surface area (TPSA) is 80.9 Å². The number of benzene rings is 2. The maximum Gasteiger partial charge on any atom is 0.254 e. The van der Waals surface area contributed by atoms with Gasteiger partial charge in [0.25, 0.3) is 5.91 Å². The zero-order chi connectivity index (χ0) is 22.7. The van der Waals surface area contributed by atoms with Crippen molar-refractivity contribution in [1.29, 1.82) is 0 Å². The summed E-state index contributed by atoms with van der Waals surface area (Å²) < 4.78 is 16.4. The van der Waals surface area contributed by atoms with Crippen molar-refractivity contribution in [3.63, 3.8) is 0 Å². The molecule has 2 heterocycles. The lowest BCUT2D eigenvalue weighted by Gasteiger charge is -2.36. The van der Waals surface area contributed by atoms with E-state index in [1.807, 2.05) is 42.2 Å². The highest BCUT2D eigenvalue weighted by Crippen LogP contribution is 2.30. The fourth-order valence-electron chi connectivity index (χ4n) is 3.97. The van der Waals surface area contributed by atoms with Gasteiger partial charge in [-0.25, -0.2) is 0 Å². The molecule has 1 aliphatic rings. The zero-order valence-corrected chi connectivity index (χ0v) is 18.9. The fourth-order valence-corrected chi connectivity index (χ4v) is 3.97. The number of hydrogen-bond acceptors (Lipinski definition) is 7. The normalized spacial score (nSPS) is 15.4. The molecule has 0 aliphatic carbocycles. The Labute approximate surface area is 187 Å². The smallest absolute Gasteiger partial charge is 0.254 e. The molecule has 3 aromatic rings. The van der Waals surface area contributed by atoms with Crippen LogP contribution < -0.4 is 9.47 Å². The maximum absolute atomic E-state index is 13.1. The first-order chi connectivity index (χ1) is 15.5. The molecule has 1 amide bonds. The molecule has 1 aliphatic heterocycles. The number of carbonyl (C=O) groups is 1. The van der Waals surface area contributed by atoms with E-state index in [0.29, 0.717) is 41.9 Å². The highest BCUT2D eigenvalue weighted by atomic mass is 16.5. The number of aromatic nitrogens is 2. The second-order valence-electron chi connectivity index (χ2n) is 7.83. The van der Waals surface area contributed by atoms with Gasteiger partial charge in [-0.3, -0.25) is 9.69 Å². The predicted molar refractivity (Wildman–Crippen MR) is 120 cm³/mol. The molecule has 0 spiro atoms. The summed E-state index contributed by atoms with van der Waals surface area (Å²) in [6, 6.07) is 13.3. The molecule has 32 heavy (non-hydrogen) atoms. The lowest BCUT2D eigenvalue weighted by molar-refractivity contribution is 0.0551. The SMILES string of the molecule is COc1cc(C(=O)N2CCN(C(C)c3nc(-c4ccccc4)no3)CC2)cc(OC)c1C. The fraction of sp³-hybridized carbons (Fsp3) is 0.375. The number of amides is 1. The summed E-state index contributed by atoms with van der Waals surface area (Å²) in [5.74, 6) is 2.43. The molecule has 0 N–H and O–H groups in total. The number of ether oxygens (including phenoxy) is 2. The molecule has 1 saturated heterocycles. The van der Waals surface area contributed by atoms with E-state index >= 15 is 0 Å². The zero-order valence-electron chi connectivity index (χ0n) is 18.9. The van der Waals surface area contributed by atoms with Gasteiger partial charge in [0, 0.05) is 42.9 Å². The van der Waals surface area contributed by atoms with Crippen LogP contribution in [-0.4, -0.2) is 66.2 Å². The Kier molecular flexibility index (Phi) is 6.41. The first kappa shape index (κ1) is 21.8. The van der Waals surface area contributed by atoms with Crippen LogP contribution in [0.4, 0.5) is 0 Å². The third kappa shape index (κ3) is 4.31. The molecule has 1 unspecified atom stereocenters. The third-order valence-electron chi connectivity index (χ3n) is 5.98. The average Bonchev–Trinajstić information content (AvgIpc) is 3.34. The number of piperazine rings is 1. The monoisotopic (exact) mass is 436 g/mol. The van der Waals surface area contributed by atoms with Gasteiger partial charge in [-0.2, -0.15) is 4.98 Å². The number of rotatable bonds is 6. The van der Waals surface area contributed by atoms with E-state index in [1.54, 1.807) is 26.4 Å². The van der Waals surface area contributed by atoms with Crippen LogP contribution in [0, 0.1) is 6.92 Å². The van der Waals surface area contributed by atoms with Crippen LogP contribution in [0.1, 0.15) is 34.8 Å². The number of carbonyl (C=O) groups excluding carboxylic acids is 1. The molecular weight excluding hydrogens is 408 g/mol. The van der Waals surface area contributed by atoms with Crippen molar-refractivity contribution in [3.8, 4) is 22.9 Å². The molecule has 8 nitrogen and oxygen atoms in total. The van der Waals surface area contributed by atoms with E-state index in [-0.39, 0.29) is 11.9 Å². The van der Waals surface area contributed by atoms with Gasteiger partial charge in [-0.05, 0) is 26.0 Å².